The van der Waals surface area contributed by atoms with Gasteiger partial charge in [0, 0.05) is 59.2 Å². The maximum absolute atomic E-state index is 13.8. The maximum atomic E-state index is 13.8. The van der Waals surface area contributed by atoms with E-state index in [0.29, 0.717) is 59.2 Å². The second-order valence-electron chi connectivity index (χ2n) is 13.5. The first-order chi connectivity index (χ1) is 22.5. The molecule has 9 rings (SSSR count). The van der Waals surface area contributed by atoms with E-state index in [-0.39, 0.29) is 48.4 Å². The molecule has 0 unspecified atom stereocenters. The third kappa shape index (κ3) is 4.79. The standard InChI is InChI=1S/C38H36N4O4.2ClH/c43-35-27-11-7-23-25-9-13-29-34-30(38(46)42(37(29)45)22-20-40-17-5-2-6-18-40)14-10-26(32(25)34)24-8-12-28(33(27)31(23)24)36(44)41(35)21-19-39-15-3-1-4-16-39;;/h7-14H,1-6,15-22H2;2*1H. The van der Waals surface area contributed by atoms with E-state index in [2.05, 4.69) is 9.80 Å². The highest BCUT2D eigenvalue weighted by molar-refractivity contribution is 6.41. The van der Waals surface area contributed by atoms with Crippen LogP contribution in [0.1, 0.15) is 80.0 Å². The van der Waals surface area contributed by atoms with E-state index < -0.39 is 0 Å². The lowest BCUT2D eigenvalue weighted by Gasteiger charge is -2.33. The van der Waals surface area contributed by atoms with E-state index in [1.54, 1.807) is 0 Å². The van der Waals surface area contributed by atoms with E-state index in [1.807, 2.05) is 48.5 Å². The van der Waals surface area contributed by atoms with Crippen LogP contribution >= 0.6 is 24.8 Å². The van der Waals surface area contributed by atoms with E-state index in [0.717, 1.165) is 84.2 Å². The van der Waals surface area contributed by atoms with Crippen LogP contribution in [0.5, 0.6) is 0 Å². The molecule has 0 radical (unpaired) electrons. The number of hydrogen-bond acceptors (Lipinski definition) is 6. The molecular weight excluding hydrogens is 647 g/mol. The molecule has 0 aliphatic carbocycles. The fourth-order valence-corrected chi connectivity index (χ4v) is 8.62. The minimum absolute atomic E-state index is 0. The van der Waals surface area contributed by atoms with E-state index in [9.17, 15) is 19.2 Å². The number of amides is 4. The van der Waals surface area contributed by atoms with Gasteiger partial charge in [0.25, 0.3) is 23.6 Å². The molecule has 0 atom stereocenters. The minimum atomic E-state index is -0.241. The normalized spacial score (nSPS) is 18.8. The molecule has 0 saturated carbocycles. The van der Waals surface area contributed by atoms with Gasteiger partial charge in [0.2, 0.25) is 0 Å². The number of carbonyl (C=O) groups is 4. The van der Waals surface area contributed by atoms with Crippen LogP contribution in [0.3, 0.4) is 0 Å². The fourth-order valence-electron chi connectivity index (χ4n) is 8.62. The number of likely N-dealkylation sites (tertiary alicyclic amines) is 2. The maximum Gasteiger partial charge on any atom is 0.261 e. The van der Waals surface area contributed by atoms with Crippen molar-refractivity contribution in [1.82, 2.24) is 19.6 Å². The van der Waals surface area contributed by atoms with Crippen LogP contribution < -0.4 is 0 Å². The Morgan fingerprint density at radius 1 is 0.375 bits per heavy atom. The molecule has 4 aliphatic rings. The van der Waals surface area contributed by atoms with Crippen molar-refractivity contribution >= 4 is 91.5 Å². The topological polar surface area (TPSA) is 81.2 Å². The predicted molar refractivity (Wildman–Crippen MR) is 193 cm³/mol. The van der Waals surface area contributed by atoms with Crippen molar-refractivity contribution in [2.45, 2.75) is 38.5 Å². The van der Waals surface area contributed by atoms with Gasteiger partial charge in [-0.1, -0.05) is 37.1 Å². The molecule has 5 aromatic rings. The van der Waals surface area contributed by atoms with Gasteiger partial charge >= 0.3 is 0 Å². The van der Waals surface area contributed by atoms with Gasteiger partial charge in [-0.05, 0) is 108 Å². The molecule has 4 heterocycles. The van der Waals surface area contributed by atoms with Gasteiger partial charge in [0.1, 0.15) is 0 Å². The van der Waals surface area contributed by atoms with Crippen molar-refractivity contribution in [3.8, 4) is 0 Å². The van der Waals surface area contributed by atoms with Crippen molar-refractivity contribution in [1.29, 1.82) is 0 Å². The van der Waals surface area contributed by atoms with Crippen molar-refractivity contribution < 1.29 is 19.2 Å². The van der Waals surface area contributed by atoms with Crippen molar-refractivity contribution in [2.75, 3.05) is 52.4 Å². The summed E-state index contributed by atoms with van der Waals surface area (Å²) in [4.78, 5) is 62.9. The van der Waals surface area contributed by atoms with Gasteiger partial charge in [-0.15, -0.1) is 24.8 Å². The molecule has 48 heavy (non-hydrogen) atoms. The van der Waals surface area contributed by atoms with Crippen LogP contribution in [0, 0.1) is 0 Å². The highest BCUT2D eigenvalue weighted by Gasteiger charge is 2.37. The Hall–Kier alpha value is -3.82. The molecule has 248 valence electrons. The number of rotatable bonds is 6. The van der Waals surface area contributed by atoms with E-state index in [1.165, 1.54) is 22.6 Å². The van der Waals surface area contributed by atoms with Crippen LogP contribution in [-0.2, 0) is 0 Å². The Bertz CT molecular complexity index is 1870. The third-order valence-corrected chi connectivity index (χ3v) is 11.0. The number of nitrogens with zero attached hydrogens (tertiary/aromatic N) is 4. The number of piperidine rings is 2. The summed E-state index contributed by atoms with van der Waals surface area (Å²) in [5.41, 5.74) is 2.21. The zero-order valence-electron chi connectivity index (χ0n) is 26.8. The average molecular weight is 686 g/mol. The molecule has 0 N–H and O–H groups in total. The van der Waals surface area contributed by atoms with Crippen LogP contribution in [0.15, 0.2) is 48.5 Å². The monoisotopic (exact) mass is 684 g/mol. The molecule has 0 bridgehead atoms. The van der Waals surface area contributed by atoms with Gasteiger partial charge in [0.05, 0.1) is 0 Å². The first-order valence-electron chi connectivity index (χ1n) is 16.9. The Morgan fingerprint density at radius 3 is 0.958 bits per heavy atom. The Labute approximate surface area is 291 Å². The summed E-state index contributed by atoms with van der Waals surface area (Å²) in [5.74, 6) is -0.963. The molecular formula is C38H38Cl2N4O4. The lowest BCUT2D eigenvalue weighted by atomic mass is 9.82. The molecule has 2 fully saturated rings. The van der Waals surface area contributed by atoms with Gasteiger partial charge in [-0.2, -0.15) is 0 Å². The van der Waals surface area contributed by atoms with Gasteiger partial charge in [0.15, 0.2) is 0 Å². The molecule has 10 heteroatoms. The molecule has 4 amide bonds. The lowest BCUT2D eigenvalue weighted by Crippen LogP contribution is -2.45. The summed E-state index contributed by atoms with van der Waals surface area (Å²) in [6.45, 7) is 6.20. The SMILES string of the molecule is Cl.Cl.O=C1c2ccc3c4ccc5c6c(ccc(c7ccc(c2c37)C(=O)N1CCN1CCCCC1)c64)C(=O)N(CCN1CCCCC1)C5=O. The quantitative estimate of drug-likeness (QED) is 0.112. The van der Waals surface area contributed by atoms with E-state index in [4.69, 9.17) is 0 Å². The Balaban J connectivity index is 0.00000182. The molecule has 0 aromatic heterocycles. The number of fused-ring (bicyclic) bond motifs is 2. The third-order valence-electron chi connectivity index (χ3n) is 11.0. The second kappa shape index (κ2) is 12.6. The number of halogens is 2. The first-order valence-corrected chi connectivity index (χ1v) is 16.9. The van der Waals surface area contributed by atoms with Crippen LogP contribution in [-0.4, -0.2) is 95.6 Å². The Morgan fingerprint density at radius 2 is 0.667 bits per heavy atom. The largest absolute Gasteiger partial charge is 0.302 e. The highest BCUT2D eigenvalue weighted by Crippen LogP contribution is 2.46. The lowest BCUT2D eigenvalue weighted by molar-refractivity contribution is 0.0573. The van der Waals surface area contributed by atoms with Crippen LogP contribution in [0.2, 0.25) is 0 Å². The molecule has 0 spiro atoms. The highest BCUT2D eigenvalue weighted by atomic mass is 35.5. The zero-order chi connectivity index (χ0) is 31.1. The van der Waals surface area contributed by atoms with Crippen LogP contribution in [0.25, 0.3) is 43.1 Å². The van der Waals surface area contributed by atoms with Crippen molar-refractivity contribution in [2.24, 2.45) is 0 Å². The van der Waals surface area contributed by atoms with E-state index >= 15 is 0 Å². The smallest absolute Gasteiger partial charge is 0.261 e. The minimum Gasteiger partial charge on any atom is -0.302 e. The molecule has 8 nitrogen and oxygen atoms in total. The van der Waals surface area contributed by atoms with Crippen molar-refractivity contribution in [3.63, 3.8) is 0 Å². The molecule has 5 aromatic carbocycles. The molecule has 4 aliphatic heterocycles. The summed E-state index contributed by atoms with van der Waals surface area (Å²) in [7, 11) is 0. The number of carbonyl (C=O) groups excluding carboxylic acids is 4. The van der Waals surface area contributed by atoms with Crippen LogP contribution in [0.4, 0.5) is 0 Å². The number of hydrogen-bond donors (Lipinski definition) is 0. The summed E-state index contributed by atoms with van der Waals surface area (Å²) >= 11 is 0. The average Bonchev–Trinajstić information content (AvgIpc) is 3.09. The van der Waals surface area contributed by atoms with Gasteiger partial charge < -0.3 is 9.80 Å². The summed E-state index contributed by atoms with van der Waals surface area (Å²) in [6, 6.07) is 15.3. The van der Waals surface area contributed by atoms with Gasteiger partial charge in [-0.25, -0.2) is 0 Å². The zero-order valence-corrected chi connectivity index (χ0v) is 28.4. The summed E-state index contributed by atoms with van der Waals surface area (Å²) in [6.07, 6.45) is 7.11. The van der Waals surface area contributed by atoms with Crippen molar-refractivity contribution in [3.05, 3.63) is 70.8 Å². The first kappa shape index (κ1) is 32.7. The van der Waals surface area contributed by atoms with Gasteiger partial charge in [-0.3, -0.25) is 29.0 Å². The summed E-state index contributed by atoms with van der Waals surface area (Å²) < 4.78 is 0. The fraction of sp³-hybridized carbons (Fsp3) is 0.368. The summed E-state index contributed by atoms with van der Waals surface area (Å²) in [5, 5.41) is 6.86. The Kier molecular flexibility index (Phi) is 8.57. The predicted octanol–water partition coefficient (Wildman–Crippen LogP) is 6.74. The molecule has 2 saturated heterocycles. The second-order valence-corrected chi connectivity index (χ2v) is 13.5. The number of benzene rings is 5. The number of imide groups is 2.